The first-order valence-electron chi connectivity index (χ1n) is 11.0. The van der Waals surface area contributed by atoms with E-state index in [1.54, 1.807) is 0 Å². The van der Waals surface area contributed by atoms with Crippen LogP contribution in [0.4, 0.5) is 0 Å². The van der Waals surface area contributed by atoms with Gasteiger partial charge in [0.2, 0.25) is 0 Å². The molecule has 1 aromatic rings. The molecule has 1 saturated carbocycles. The van der Waals surface area contributed by atoms with Crippen LogP contribution in [-0.4, -0.2) is 17.9 Å². The van der Waals surface area contributed by atoms with Crippen LogP contribution in [0, 0.1) is 5.41 Å². The monoisotopic (exact) mass is 471 g/mol. The summed E-state index contributed by atoms with van der Waals surface area (Å²) in [6.45, 7) is 6.17. The number of rotatable bonds is 3. The Labute approximate surface area is 187 Å². The molecule has 0 radical (unpaired) electrons. The van der Waals surface area contributed by atoms with Crippen LogP contribution in [0.25, 0.3) is 0 Å². The maximum absolute atomic E-state index is 13.4. The lowest BCUT2D eigenvalue weighted by molar-refractivity contribution is -0.146. The van der Waals surface area contributed by atoms with E-state index in [4.69, 9.17) is 4.74 Å². The third-order valence-corrected chi connectivity index (χ3v) is 7.02. The lowest BCUT2D eigenvalue weighted by Crippen LogP contribution is -2.39. The van der Waals surface area contributed by atoms with Crippen LogP contribution >= 0.6 is 15.9 Å². The van der Waals surface area contributed by atoms with Crippen molar-refractivity contribution in [3.8, 4) is 0 Å². The Bertz CT molecular complexity index is 920. The first kappa shape index (κ1) is 21.4. The minimum Gasteiger partial charge on any atom is -0.459 e. The molecule has 30 heavy (non-hydrogen) atoms. The fourth-order valence-electron chi connectivity index (χ4n) is 5.09. The zero-order valence-corrected chi connectivity index (χ0v) is 19.6. The molecule has 1 atom stereocenters. The van der Waals surface area contributed by atoms with E-state index in [-0.39, 0.29) is 29.2 Å². The minimum absolute atomic E-state index is 0.0199. The van der Waals surface area contributed by atoms with Crippen molar-refractivity contribution in [1.82, 2.24) is 5.32 Å². The lowest BCUT2D eigenvalue weighted by Gasteiger charge is -2.39. The van der Waals surface area contributed by atoms with Crippen LogP contribution in [0.1, 0.15) is 77.2 Å². The Hall–Kier alpha value is -1.88. The topological polar surface area (TPSA) is 55.4 Å². The van der Waals surface area contributed by atoms with Crippen LogP contribution in [-0.2, 0) is 14.3 Å². The number of nitrogens with one attached hydrogen (secondary N) is 1. The summed E-state index contributed by atoms with van der Waals surface area (Å²) >= 11 is 3.49. The predicted molar refractivity (Wildman–Crippen MR) is 121 cm³/mol. The molecule has 1 aromatic carbocycles. The second kappa shape index (κ2) is 8.33. The van der Waals surface area contributed by atoms with Gasteiger partial charge in [-0.15, -0.1) is 0 Å². The summed E-state index contributed by atoms with van der Waals surface area (Å²) in [5, 5.41) is 3.41. The van der Waals surface area contributed by atoms with E-state index in [0.29, 0.717) is 12.0 Å². The number of Topliss-reactive ketones (excluding diaryl/α,β-unsaturated/α-hetero) is 1. The first-order chi connectivity index (χ1) is 14.2. The number of ether oxygens (including phenoxy) is 1. The molecule has 0 saturated heterocycles. The molecule has 1 unspecified atom stereocenters. The van der Waals surface area contributed by atoms with Gasteiger partial charge in [-0.3, -0.25) is 4.79 Å². The van der Waals surface area contributed by atoms with Gasteiger partial charge in [0.1, 0.15) is 6.10 Å². The van der Waals surface area contributed by atoms with Gasteiger partial charge in [-0.05, 0) is 62.1 Å². The molecule has 0 amide bonds. The van der Waals surface area contributed by atoms with Crippen molar-refractivity contribution in [3.05, 3.63) is 56.8 Å². The van der Waals surface area contributed by atoms with Gasteiger partial charge in [-0.25, -0.2) is 4.79 Å². The zero-order chi connectivity index (χ0) is 21.5. The molecule has 1 N–H and O–H groups in total. The fourth-order valence-corrected chi connectivity index (χ4v) is 5.36. The quantitative estimate of drug-likeness (QED) is 0.555. The summed E-state index contributed by atoms with van der Waals surface area (Å²) in [6.07, 6.45) is 6.53. The number of hydrogen-bond acceptors (Lipinski definition) is 4. The van der Waals surface area contributed by atoms with Crippen LogP contribution in [0.15, 0.2) is 51.3 Å². The molecular formula is C25H30BrNO3. The van der Waals surface area contributed by atoms with Crippen molar-refractivity contribution >= 4 is 27.7 Å². The molecule has 1 heterocycles. The fraction of sp³-hybridized carbons (Fsp3) is 0.520. The van der Waals surface area contributed by atoms with Gasteiger partial charge in [0, 0.05) is 33.8 Å². The third kappa shape index (κ3) is 4.27. The van der Waals surface area contributed by atoms with Gasteiger partial charge < -0.3 is 10.1 Å². The van der Waals surface area contributed by atoms with Gasteiger partial charge in [0.25, 0.3) is 0 Å². The number of dihydropyridines is 1. The highest BCUT2D eigenvalue weighted by Gasteiger charge is 2.43. The van der Waals surface area contributed by atoms with Gasteiger partial charge in [-0.2, -0.15) is 0 Å². The molecule has 160 valence electrons. The molecule has 2 aliphatic carbocycles. The van der Waals surface area contributed by atoms with E-state index in [1.807, 2.05) is 31.2 Å². The molecule has 4 nitrogen and oxygen atoms in total. The molecule has 4 rings (SSSR count). The van der Waals surface area contributed by atoms with Crippen molar-refractivity contribution in [2.75, 3.05) is 0 Å². The Balaban J connectivity index is 1.75. The van der Waals surface area contributed by atoms with Crippen LogP contribution < -0.4 is 5.32 Å². The molecule has 0 spiro atoms. The van der Waals surface area contributed by atoms with E-state index in [0.717, 1.165) is 59.1 Å². The van der Waals surface area contributed by atoms with Crippen molar-refractivity contribution in [3.63, 3.8) is 0 Å². The third-order valence-electron chi connectivity index (χ3n) is 6.49. The van der Waals surface area contributed by atoms with Gasteiger partial charge in [-0.1, -0.05) is 48.3 Å². The van der Waals surface area contributed by atoms with E-state index in [2.05, 4.69) is 35.1 Å². The molecule has 0 aromatic heterocycles. The number of hydrogen-bond donors (Lipinski definition) is 1. The lowest BCUT2D eigenvalue weighted by atomic mass is 9.68. The Morgan fingerprint density at radius 3 is 2.43 bits per heavy atom. The van der Waals surface area contributed by atoms with Crippen molar-refractivity contribution in [2.24, 2.45) is 5.41 Å². The molecule has 3 aliphatic rings. The van der Waals surface area contributed by atoms with Crippen molar-refractivity contribution in [1.29, 1.82) is 0 Å². The maximum atomic E-state index is 13.4. The van der Waals surface area contributed by atoms with Gasteiger partial charge in [0.05, 0.1) is 5.57 Å². The van der Waals surface area contributed by atoms with E-state index in [1.165, 1.54) is 6.42 Å². The van der Waals surface area contributed by atoms with Gasteiger partial charge in [0.15, 0.2) is 5.78 Å². The smallest absolute Gasteiger partial charge is 0.337 e. The number of halogens is 1. The maximum Gasteiger partial charge on any atom is 0.337 e. The highest BCUT2D eigenvalue weighted by Crippen LogP contribution is 2.47. The SMILES string of the molecule is CC1=C(C(=O)OC2CCCCC2)C(c2ccc(Br)cc2)C2=C(CC(C)(C)CC2=O)N1. The van der Waals surface area contributed by atoms with Crippen molar-refractivity contribution < 1.29 is 14.3 Å². The van der Waals surface area contributed by atoms with Crippen molar-refractivity contribution in [2.45, 2.75) is 77.7 Å². The predicted octanol–water partition coefficient (Wildman–Crippen LogP) is 5.93. The standard InChI is InChI=1S/C25H30BrNO3/c1-15-21(24(29)30-18-7-5-4-6-8-18)22(16-9-11-17(26)12-10-16)23-19(27-15)13-25(2,3)14-20(23)28/h9-12,18,22,27H,4-8,13-14H2,1-3H3. The number of benzene rings is 1. The van der Waals surface area contributed by atoms with Crippen LogP contribution in [0.2, 0.25) is 0 Å². The number of ketones is 1. The average molecular weight is 472 g/mol. The summed E-state index contributed by atoms with van der Waals surface area (Å²) in [4.78, 5) is 26.7. The molecule has 0 bridgehead atoms. The number of carbonyl (C=O) groups is 2. The second-order valence-electron chi connectivity index (χ2n) is 9.65. The summed E-state index contributed by atoms with van der Waals surface area (Å²) in [6, 6.07) is 7.93. The average Bonchev–Trinajstić information content (AvgIpc) is 2.67. The summed E-state index contributed by atoms with van der Waals surface area (Å²) in [5.41, 5.74) is 3.93. The first-order valence-corrected chi connectivity index (χ1v) is 11.7. The zero-order valence-electron chi connectivity index (χ0n) is 18.0. The number of esters is 1. The number of carbonyl (C=O) groups excluding carboxylic acids is 2. The highest BCUT2D eigenvalue weighted by molar-refractivity contribution is 9.10. The van der Waals surface area contributed by atoms with E-state index in [9.17, 15) is 9.59 Å². The minimum atomic E-state index is -0.381. The van der Waals surface area contributed by atoms with Gasteiger partial charge >= 0.3 is 5.97 Å². The Kier molecular flexibility index (Phi) is 5.93. The molecule has 1 fully saturated rings. The molecule has 1 aliphatic heterocycles. The Morgan fingerprint density at radius 2 is 1.77 bits per heavy atom. The van der Waals surface area contributed by atoms with E-state index < -0.39 is 0 Å². The normalized spacial score (nSPS) is 24.4. The summed E-state index contributed by atoms with van der Waals surface area (Å²) in [7, 11) is 0. The van der Waals surface area contributed by atoms with Crippen LogP contribution in [0.5, 0.6) is 0 Å². The summed E-state index contributed by atoms with van der Waals surface area (Å²) in [5.74, 6) is -0.546. The highest BCUT2D eigenvalue weighted by atomic mass is 79.9. The molecular weight excluding hydrogens is 442 g/mol. The largest absolute Gasteiger partial charge is 0.459 e. The Morgan fingerprint density at radius 1 is 1.10 bits per heavy atom. The van der Waals surface area contributed by atoms with Crippen LogP contribution in [0.3, 0.4) is 0 Å². The van der Waals surface area contributed by atoms with E-state index >= 15 is 0 Å². The molecule has 5 heteroatoms. The summed E-state index contributed by atoms with van der Waals surface area (Å²) < 4.78 is 6.92. The number of allylic oxidation sites excluding steroid dienone is 3. The second-order valence-corrected chi connectivity index (χ2v) is 10.6.